The maximum absolute atomic E-state index is 6.47. The van der Waals surface area contributed by atoms with E-state index in [0.717, 1.165) is 22.6 Å². The molecule has 4 nitrogen and oxygen atoms in total. The first-order chi connectivity index (χ1) is 14.1. The molecule has 0 amide bonds. The molecule has 0 saturated heterocycles. The highest BCUT2D eigenvalue weighted by molar-refractivity contribution is 6.33. The molecule has 0 aliphatic heterocycles. The van der Waals surface area contributed by atoms with E-state index in [-0.39, 0.29) is 0 Å². The van der Waals surface area contributed by atoms with Gasteiger partial charge in [-0.05, 0) is 47.5 Å². The predicted molar refractivity (Wildman–Crippen MR) is 114 cm³/mol. The second kappa shape index (κ2) is 9.77. The molecular formula is C24H21ClO4. The van der Waals surface area contributed by atoms with Gasteiger partial charge in [-0.3, -0.25) is 0 Å². The summed E-state index contributed by atoms with van der Waals surface area (Å²) in [7, 11) is 3.26. The number of hydrogen-bond acceptors (Lipinski definition) is 4. The van der Waals surface area contributed by atoms with Gasteiger partial charge >= 0.3 is 0 Å². The van der Waals surface area contributed by atoms with Crippen LogP contribution in [0.3, 0.4) is 0 Å². The lowest BCUT2D eigenvalue weighted by Gasteiger charge is -2.15. The largest absolute Gasteiger partial charge is 0.497 e. The number of rotatable bonds is 8. The Balaban J connectivity index is 1.77. The van der Waals surface area contributed by atoms with Gasteiger partial charge < -0.3 is 18.9 Å². The Hall–Kier alpha value is -3.29. The van der Waals surface area contributed by atoms with Crippen LogP contribution in [0, 0.1) is 12.3 Å². The fraction of sp³-hybridized carbons (Fsp3) is 0.167. The van der Waals surface area contributed by atoms with E-state index in [9.17, 15) is 0 Å². The average Bonchev–Trinajstić information content (AvgIpc) is 2.77. The van der Waals surface area contributed by atoms with Crippen molar-refractivity contribution >= 4 is 11.6 Å². The van der Waals surface area contributed by atoms with Crippen molar-refractivity contribution in [3.8, 4) is 35.3 Å². The van der Waals surface area contributed by atoms with Crippen molar-refractivity contribution in [3.63, 3.8) is 0 Å². The molecule has 0 aliphatic rings. The van der Waals surface area contributed by atoms with E-state index in [0.29, 0.717) is 35.3 Å². The first-order valence-electron chi connectivity index (χ1n) is 8.95. The zero-order valence-electron chi connectivity index (χ0n) is 16.3. The minimum Gasteiger partial charge on any atom is -0.497 e. The van der Waals surface area contributed by atoms with Crippen LogP contribution in [0.1, 0.15) is 16.7 Å². The molecule has 5 heteroatoms. The van der Waals surface area contributed by atoms with Crippen LogP contribution in [0.25, 0.3) is 0 Å². The molecule has 0 unspecified atom stereocenters. The molecule has 3 rings (SSSR count). The van der Waals surface area contributed by atoms with E-state index in [4.69, 9.17) is 37.0 Å². The second-order valence-corrected chi connectivity index (χ2v) is 6.55. The maximum Gasteiger partial charge on any atom is 0.181 e. The van der Waals surface area contributed by atoms with Crippen LogP contribution >= 0.6 is 11.6 Å². The number of hydrogen-bond donors (Lipinski definition) is 0. The van der Waals surface area contributed by atoms with Crippen LogP contribution in [0.5, 0.6) is 23.0 Å². The molecule has 0 radical (unpaired) electrons. The van der Waals surface area contributed by atoms with Gasteiger partial charge in [-0.1, -0.05) is 41.8 Å². The highest BCUT2D eigenvalue weighted by Gasteiger charge is 2.14. The lowest BCUT2D eigenvalue weighted by Crippen LogP contribution is -2.02. The van der Waals surface area contributed by atoms with Crippen LogP contribution in [-0.4, -0.2) is 14.2 Å². The summed E-state index contributed by atoms with van der Waals surface area (Å²) >= 11 is 6.47. The first-order valence-corrected chi connectivity index (χ1v) is 9.33. The van der Waals surface area contributed by atoms with Crippen molar-refractivity contribution in [2.24, 2.45) is 0 Å². The van der Waals surface area contributed by atoms with Crippen LogP contribution in [-0.2, 0) is 13.2 Å². The van der Waals surface area contributed by atoms with E-state index in [1.807, 2.05) is 48.5 Å². The fourth-order valence-corrected chi connectivity index (χ4v) is 2.92. The Morgan fingerprint density at radius 1 is 0.759 bits per heavy atom. The van der Waals surface area contributed by atoms with Crippen LogP contribution in [0.4, 0.5) is 0 Å². The molecule has 0 N–H and O–H groups in total. The second-order valence-electron chi connectivity index (χ2n) is 6.17. The van der Waals surface area contributed by atoms with E-state index < -0.39 is 0 Å². The number of halogens is 1. The van der Waals surface area contributed by atoms with Gasteiger partial charge in [-0.2, -0.15) is 0 Å². The monoisotopic (exact) mass is 408 g/mol. The van der Waals surface area contributed by atoms with Gasteiger partial charge in [0.25, 0.3) is 0 Å². The summed E-state index contributed by atoms with van der Waals surface area (Å²) in [5.74, 6) is 5.09. The van der Waals surface area contributed by atoms with Crippen molar-refractivity contribution in [1.82, 2.24) is 0 Å². The third kappa shape index (κ3) is 5.16. The summed E-state index contributed by atoms with van der Waals surface area (Å²) in [5, 5.41) is 0.355. The van der Waals surface area contributed by atoms with E-state index in [2.05, 4.69) is 5.92 Å². The minimum absolute atomic E-state index is 0.316. The van der Waals surface area contributed by atoms with Gasteiger partial charge in [0.1, 0.15) is 29.7 Å². The Bertz CT molecular complexity index is 989. The summed E-state index contributed by atoms with van der Waals surface area (Å²) < 4.78 is 22.3. The Kier molecular flexibility index (Phi) is 6.89. The van der Waals surface area contributed by atoms with Gasteiger partial charge in [-0.15, -0.1) is 6.42 Å². The third-order valence-corrected chi connectivity index (χ3v) is 4.69. The normalized spacial score (nSPS) is 10.1. The Morgan fingerprint density at radius 2 is 1.28 bits per heavy atom. The maximum atomic E-state index is 6.47. The fourth-order valence-electron chi connectivity index (χ4n) is 2.66. The molecule has 148 valence electrons. The molecule has 3 aromatic rings. The molecule has 29 heavy (non-hydrogen) atoms. The van der Waals surface area contributed by atoms with Gasteiger partial charge in [0.2, 0.25) is 0 Å². The topological polar surface area (TPSA) is 36.9 Å². The van der Waals surface area contributed by atoms with E-state index in [1.54, 1.807) is 26.4 Å². The number of benzene rings is 3. The molecule has 3 aromatic carbocycles. The molecule has 0 atom stereocenters. The van der Waals surface area contributed by atoms with Crippen LogP contribution in [0.2, 0.25) is 5.02 Å². The summed E-state index contributed by atoms with van der Waals surface area (Å²) in [6.07, 6.45) is 5.54. The van der Waals surface area contributed by atoms with Crippen molar-refractivity contribution in [3.05, 3.63) is 82.4 Å². The molecule has 0 aromatic heterocycles. The molecular weight excluding hydrogens is 388 g/mol. The molecule has 0 bridgehead atoms. The molecule has 0 heterocycles. The standard InChI is InChI=1S/C24H21ClO4/c1-4-19-9-14-22(28-15-17-5-10-20(26-2)11-6-17)24(23(19)25)29-16-18-7-12-21(27-3)13-8-18/h1,5-14H,15-16H2,2-3H3. The van der Waals surface area contributed by atoms with Crippen molar-refractivity contribution in [2.45, 2.75) is 13.2 Å². The Morgan fingerprint density at radius 3 is 1.76 bits per heavy atom. The quantitative estimate of drug-likeness (QED) is 0.461. The number of methoxy groups -OCH3 is 2. The SMILES string of the molecule is C#Cc1ccc(OCc2ccc(OC)cc2)c(OCc2ccc(OC)cc2)c1Cl. The average molecular weight is 409 g/mol. The van der Waals surface area contributed by atoms with Crippen molar-refractivity contribution in [2.75, 3.05) is 14.2 Å². The molecule has 0 aliphatic carbocycles. The molecule has 0 spiro atoms. The van der Waals surface area contributed by atoms with Crippen LogP contribution < -0.4 is 18.9 Å². The summed E-state index contributed by atoms with van der Waals surface area (Å²) in [5.41, 5.74) is 2.51. The summed E-state index contributed by atoms with van der Waals surface area (Å²) in [4.78, 5) is 0. The lowest BCUT2D eigenvalue weighted by atomic mass is 10.2. The number of terminal acetylenes is 1. The van der Waals surface area contributed by atoms with E-state index >= 15 is 0 Å². The third-order valence-electron chi connectivity index (χ3n) is 4.31. The van der Waals surface area contributed by atoms with Gasteiger partial charge in [0.05, 0.1) is 14.2 Å². The van der Waals surface area contributed by atoms with Gasteiger partial charge in [0.15, 0.2) is 11.5 Å². The Labute approximate surface area is 175 Å². The molecule has 0 fully saturated rings. The van der Waals surface area contributed by atoms with Gasteiger partial charge in [-0.25, -0.2) is 0 Å². The smallest absolute Gasteiger partial charge is 0.181 e. The van der Waals surface area contributed by atoms with E-state index in [1.165, 1.54) is 0 Å². The summed E-state index contributed by atoms with van der Waals surface area (Å²) in [6.45, 7) is 0.672. The highest BCUT2D eigenvalue weighted by atomic mass is 35.5. The predicted octanol–water partition coefficient (Wildman–Crippen LogP) is 5.50. The molecule has 0 saturated carbocycles. The lowest BCUT2D eigenvalue weighted by molar-refractivity contribution is 0.256. The first kappa shape index (κ1) is 20.4. The van der Waals surface area contributed by atoms with Crippen LogP contribution in [0.15, 0.2) is 60.7 Å². The van der Waals surface area contributed by atoms with Gasteiger partial charge in [0, 0.05) is 5.56 Å². The summed E-state index contributed by atoms with van der Waals surface area (Å²) in [6, 6.07) is 18.8. The highest BCUT2D eigenvalue weighted by Crippen LogP contribution is 2.38. The van der Waals surface area contributed by atoms with Crippen molar-refractivity contribution in [1.29, 1.82) is 0 Å². The van der Waals surface area contributed by atoms with Crippen molar-refractivity contribution < 1.29 is 18.9 Å². The zero-order chi connectivity index (χ0) is 20.6. The minimum atomic E-state index is 0.316. The zero-order valence-corrected chi connectivity index (χ0v) is 17.0. The number of ether oxygens (including phenoxy) is 4.